The first-order valence-corrected chi connectivity index (χ1v) is 9.02. The van der Waals surface area contributed by atoms with Crippen molar-refractivity contribution in [1.29, 1.82) is 0 Å². The van der Waals surface area contributed by atoms with Crippen LogP contribution in [0.25, 0.3) is 0 Å². The number of ether oxygens (including phenoxy) is 1. The van der Waals surface area contributed by atoms with Gasteiger partial charge in [-0.15, -0.1) is 0 Å². The van der Waals surface area contributed by atoms with Gasteiger partial charge < -0.3 is 14.7 Å². The number of hydrogen-bond donors (Lipinski definition) is 1. The molecule has 6 nitrogen and oxygen atoms in total. The van der Waals surface area contributed by atoms with E-state index in [0.717, 1.165) is 19.6 Å². The van der Waals surface area contributed by atoms with E-state index in [4.69, 9.17) is 4.74 Å². The molecular weight excluding hydrogens is 314 g/mol. The predicted octanol–water partition coefficient (Wildman–Crippen LogP) is 0.933. The average Bonchev–Trinajstić information content (AvgIpc) is 3.14. The van der Waals surface area contributed by atoms with E-state index in [2.05, 4.69) is 23.1 Å². The maximum atomic E-state index is 12.5. The average molecular weight is 339 g/mol. The van der Waals surface area contributed by atoms with Crippen molar-refractivity contribution >= 4 is 17.4 Å². The van der Waals surface area contributed by atoms with Crippen molar-refractivity contribution < 1.29 is 14.6 Å². The number of morpholine rings is 1. The van der Waals surface area contributed by atoms with Crippen LogP contribution in [0.2, 0.25) is 0 Å². The number of rotatable bonds is 4. The van der Waals surface area contributed by atoms with Gasteiger partial charge in [0.1, 0.15) is 4.88 Å². The van der Waals surface area contributed by atoms with E-state index < -0.39 is 0 Å². The van der Waals surface area contributed by atoms with Crippen molar-refractivity contribution in [2.45, 2.75) is 26.1 Å². The van der Waals surface area contributed by atoms with E-state index in [-0.39, 0.29) is 30.6 Å². The molecule has 0 unspecified atom stereocenters. The van der Waals surface area contributed by atoms with Gasteiger partial charge >= 0.3 is 0 Å². The Hall–Kier alpha value is -1.02. The standard InChI is InChI=1S/C16H25N3O3S/c1-11-5-18(6-12(2)22-11)7-13-8-19(9-14(13)10-20)16(21)15-3-4-17-23-15/h3-4,11-14,20H,5-10H2,1-2H3/t11-,12+,13-,14-/m1/s1. The first-order valence-electron chi connectivity index (χ1n) is 8.25. The SMILES string of the molecule is C[C@@H]1CN(C[C@@H]2CN(C(=O)c3ccns3)C[C@@H]2CO)C[C@H](C)O1. The number of amides is 1. The minimum Gasteiger partial charge on any atom is -0.396 e. The van der Waals surface area contributed by atoms with E-state index in [9.17, 15) is 9.90 Å². The lowest BCUT2D eigenvalue weighted by Gasteiger charge is -2.37. The van der Waals surface area contributed by atoms with Crippen LogP contribution in [0.5, 0.6) is 0 Å². The quantitative estimate of drug-likeness (QED) is 0.884. The second kappa shape index (κ2) is 7.25. The van der Waals surface area contributed by atoms with Gasteiger partial charge in [0, 0.05) is 51.4 Å². The highest BCUT2D eigenvalue weighted by molar-refractivity contribution is 7.08. The van der Waals surface area contributed by atoms with Crippen LogP contribution >= 0.6 is 11.5 Å². The molecule has 2 fully saturated rings. The molecule has 4 atom stereocenters. The lowest BCUT2D eigenvalue weighted by Crippen LogP contribution is -2.48. The monoisotopic (exact) mass is 339 g/mol. The van der Waals surface area contributed by atoms with Crippen LogP contribution in [0.4, 0.5) is 0 Å². The topological polar surface area (TPSA) is 65.9 Å². The molecule has 1 aromatic rings. The van der Waals surface area contributed by atoms with Crippen LogP contribution in [-0.2, 0) is 4.74 Å². The molecule has 0 aliphatic carbocycles. The molecule has 23 heavy (non-hydrogen) atoms. The maximum absolute atomic E-state index is 12.5. The Morgan fingerprint density at radius 3 is 2.61 bits per heavy atom. The molecule has 128 valence electrons. The Morgan fingerprint density at radius 2 is 2.00 bits per heavy atom. The maximum Gasteiger partial charge on any atom is 0.265 e. The molecule has 1 N–H and O–H groups in total. The van der Waals surface area contributed by atoms with Gasteiger partial charge in [-0.05, 0) is 37.4 Å². The molecule has 2 aliphatic heterocycles. The summed E-state index contributed by atoms with van der Waals surface area (Å²) in [5.74, 6) is 0.506. The Labute approximate surface area is 141 Å². The van der Waals surface area contributed by atoms with Crippen LogP contribution in [-0.4, -0.2) is 76.7 Å². The summed E-state index contributed by atoms with van der Waals surface area (Å²) >= 11 is 1.23. The summed E-state index contributed by atoms with van der Waals surface area (Å²) in [5, 5.41) is 9.71. The van der Waals surface area contributed by atoms with Crippen molar-refractivity contribution in [1.82, 2.24) is 14.2 Å². The van der Waals surface area contributed by atoms with E-state index in [1.807, 2.05) is 4.90 Å². The highest BCUT2D eigenvalue weighted by Gasteiger charge is 2.37. The number of carbonyl (C=O) groups is 1. The Balaban J connectivity index is 1.62. The van der Waals surface area contributed by atoms with Gasteiger partial charge in [-0.3, -0.25) is 9.69 Å². The molecule has 3 rings (SSSR count). The van der Waals surface area contributed by atoms with E-state index in [0.29, 0.717) is 23.9 Å². The third-order valence-corrected chi connectivity index (χ3v) is 5.47. The fraction of sp³-hybridized carbons (Fsp3) is 0.750. The molecule has 1 aromatic heterocycles. The predicted molar refractivity (Wildman–Crippen MR) is 88.5 cm³/mol. The van der Waals surface area contributed by atoms with Crippen LogP contribution in [0.3, 0.4) is 0 Å². The summed E-state index contributed by atoms with van der Waals surface area (Å²) in [6, 6.07) is 1.76. The summed E-state index contributed by atoms with van der Waals surface area (Å²) in [6.45, 7) is 8.42. The molecule has 0 saturated carbocycles. The van der Waals surface area contributed by atoms with E-state index in [1.165, 1.54) is 11.5 Å². The molecular formula is C16H25N3O3S. The van der Waals surface area contributed by atoms with Crippen LogP contribution in [0.1, 0.15) is 23.5 Å². The molecule has 7 heteroatoms. The third-order valence-electron chi connectivity index (χ3n) is 4.73. The van der Waals surface area contributed by atoms with Crippen molar-refractivity contribution in [3.8, 4) is 0 Å². The zero-order valence-electron chi connectivity index (χ0n) is 13.7. The lowest BCUT2D eigenvalue weighted by molar-refractivity contribution is -0.0726. The number of aliphatic hydroxyl groups is 1. The second-order valence-corrected chi connectivity index (χ2v) is 7.60. The first-order chi connectivity index (χ1) is 11.1. The molecule has 3 heterocycles. The fourth-order valence-electron chi connectivity index (χ4n) is 3.77. The Morgan fingerprint density at radius 1 is 1.30 bits per heavy atom. The number of hydrogen-bond acceptors (Lipinski definition) is 6. The van der Waals surface area contributed by atoms with E-state index in [1.54, 1.807) is 12.3 Å². The highest BCUT2D eigenvalue weighted by Crippen LogP contribution is 2.27. The van der Waals surface area contributed by atoms with Gasteiger partial charge in [0.05, 0.1) is 12.2 Å². The van der Waals surface area contributed by atoms with Gasteiger partial charge in [0.25, 0.3) is 5.91 Å². The normalized spacial score (nSPS) is 32.4. The summed E-state index contributed by atoms with van der Waals surface area (Å²) < 4.78 is 9.79. The van der Waals surface area contributed by atoms with E-state index >= 15 is 0 Å². The van der Waals surface area contributed by atoms with Crippen LogP contribution in [0.15, 0.2) is 12.3 Å². The highest BCUT2D eigenvalue weighted by atomic mass is 32.1. The zero-order chi connectivity index (χ0) is 16.4. The van der Waals surface area contributed by atoms with Gasteiger partial charge in [0.2, 0.25) is 0 Å². The molecule has 0 spiro atoms. The molecule has 2 saturated heterocycles. The lowest BCUT2D eigenvalue weighted by atomic mass is 9.96. The minimum atomic E-state index is 0.0390. The number of carbonyl (C=O) groups excluding carboxylic acids is 1. The summed E-state index contributed by atoms with van der Waals surface area (Å²) in [5.41, 5.74) is 0. The molecule has 2 aliphatic rings. The van der Waals surface area contributed by atoms with Crippen molar-refractivity contribution in [2.24, 2.45) is 11.8 Å². The first kappa shape index (κ1) is 16.8. The number of nitrogens with zero attached hydrogens (tertiary/aromatic N) is 3. The molecule has 0 radical (unpaired) electrons. The van der Waals surface area contributed by atoms with Gasteiger partial charge in [-0.25, -0.2) is 4.37 Å². The fourth-order valence-corrected chi connectivity index (χ4v) is 4.33. The Bertz CT molecular complexity index is 515. The van der Waals surface area contributed by atoms with Crippen LogP contribution < -0.4 is 0 Å². The minimum absolute atomic E-state index is 0.0390. The number of aliphatic hydroxyl groups excluding tert-OH is 1. The van der Waals surface area contributed by atoms with Crippen molar-refractivity contribution in [3.05, 3.63) is 17.1 Å². The number of aromatic nitrogens is 1. The third kappa shape index (κ3) is 3.91. The zero-order valence-corrected chi connectivity index (χ0v) is 14.5. The van der Waals surface area contributed by atoms with Gasteiger partial charge in [0.15, 0.2) is 0 Å². The van der Waals surface area contributed by atoms with Crippen molar-refractivity contribution in [3.63, 3.8) is 0 Å². The second-order valence-electron chi connectivity index (χ2n) is 6.77. The number of likely N-dealkylation sites (tertiary alicyclic amines) is 1. The Kier molecular flexibility index (Phi) is 5.31. The largest absolute Gasteiger partial charge is 0.396 e. The molecule has 0 bridgehead atoms. The van der Waals surface area contributed by atoms with Gasteiger partial charge in [-0.1, -0.05) is 0 Å². The summed E-state index contributed by atoms with van der Waals surface area (Å²) in [4.78, 5) is 17.4. The van der Waals surface area contributed by atoms with Crippen molar-refractivity contribution in [2.75, 3.05) is 39.3 Å². The smallest absolute Gasteiger partial charge is 0.265 e. The molecule has 0 aromatic carbocycles. The summed E-state index contributed by atoms with van der Waals surface area (Å²) in [7, 11) is 0. The van der Waals surface area contributed by atoms with Gasteiger partial charge in [-0.2, -0.15) is 0 Å². The van der Waals surface area contributed by atoms with Crippen LogP contribution in [0, 0.1) is 11.8 Å². The summed E-state index contributed by atoms with van der Waals surface area (Å²) in [6.07, 6.45) is 2.14. The molecule has 1 amide bonds.